The van der Waals surface area contributed by atoms with Crippen molar-refractivity contribution in [2.75, 3.05) is 0 Å². The van der Waals surface area contributed by atoms with Gasteiger partial charge in [0.2, 0.25) is 0 Å². The van der Waals surface area contributed by atoms with Gasteiger partial charge in [0.1, 0.15) is 0 Å². The van der Waals surface area contributed by atoms with E-state index < -0.39 is 11.2 Å². The van der Waals surface area contributed by atoms with Crippen LogP contribution < -0.4 is 11.2 Å². The lowest BCUT2D eigenvalue weighted by molar-refractivity contribution is 0.748. The zero-order valence-electron chi connectivity index (χ0n) is 8.26. The molecule has 0 aliphatic heterocycles. The summed E-state index contributed by atoms with van der Waals surface area (Å²) in [5, 5.41) is 0. The third-order valence-corrected chi connectivity index (χ3v) is 2.23. The first-order valence-corrected chi connectivity index (χ1v) is 4.17. The van der Waals surface area contributed by atoms with Crippen LogP contribution in [0.3, 0.4) is 0 Å². The molecule has 2 aromatic rings. The maximum Gasteiger partial charge on any atom is 0.344 e. The van der Waals surface area contributed by atoms with Gasteiger partial charge in [-0.2, -0.15) is 0 Å². The Kier molecular flexibility index (Phi) is 1.76. The molecule has 15 heavy (non-hydrogen) atoms. The second-order valence-electron chi connectivity index (χ2n) is 3.14. The largest absolute Gasteiger partial charge is 0.344 e. The molecule has 0 fully saturated rings. The van der Waals surface area contributed by atoms with E-state index in [9.17, 15) is 9.59 Å². The van der Waals surface area contributed by atoms with E-state index >= 15 is 0 Å². The number of terminal acetylenes is 1. The number of rotatable bonds is 0. The van der Waals surface area contributed by atoms with Gasteiger partial charge in [0, 0.05) is 20.1 Å². The highest BCUT2D eigenvalue weighted by molar-refractivity contribution is 5.70. The third kappa shape index (κ3) is 1.03. The van der Waals surface area contributed by atoms with Crippen molar-refractivity contribution in [3.05, 3.63) is 27.2 Å². The van der Waals surface area contributed by atoms with Gasteiger partial charge in [-0.05, 0) is 0 Å². The van der Waals surface area contributed by atoms with Crippen LogP contribution in [0.15, 0.2) is 15.9 Å². The van der Waals surface area contributed by atoms with Gasteiger partial charge in [0.15, 0.2) is 11.2 Å². The van der Waals surface area contributed by atoms with Crippen molar-refractivity contribution >= 4 is 11.2 Å². The molecule has 2 heterocycles. The first kappa shape index (κ1) is 9.27. The fourth-order valence-electron chi connectivity index (χ4n) is 1.44. The molecule has 0 saturated carbocycles. The lowest BCUT2D eigenvalue weighted by Crippen LogP contribution is -2.37. The first-order chi connectivity index (χ1) is 7.07. The highest BCUT2D eigenvalue weighted by atomic mass is 16.2. The summed E-state index contributed by atoms with van der Waals surface area (Å²) in [5.74, 6) is 0. The standard InChI is InChI=1S/C9H8N4O2/c1-4-13-7-6(10-5-11(7)2)8(14)12(3)9(13)15/h1,5H,2-3H3. The van der Waals surface area contributed by atoms with E-state index in [4.69, 9.17) is 6.42 Å². The second kappa shape index (κ2) is 2.85. The average molecular weight is 204 g/mol. The van der Waals surface area contributed by atoms with Crippen molar-refractivity contribution in [3.8, 4) is 12.5 Å². The van der Waals surface area contributed by atoms with Gasteiger partial charge in [-0.15, -0.1) is 0 Å². The van der Waals surface area contributed by atoms with Gasteiger partial charge in [-0.1, -0.05) is 6.42 Å². The maximum atomic E-state index is 11.6. The summed E-state index contributed by atoms with van der Waals surface area (Å²) in [4.78, 5) is 27.2. The molecular formula is C9H8N4O2. The molecule has 0 amide bonds. The summed E-state index contributed by atoms with van der Waals surface area (Å²) in [6, 6.07) is 2.22. The molecular weight excluding hydrogens is 196 g/mol. The zero-order chi connectivity index (χ0) is 11.2. The van der Waals surface area contributed by atoms with E-state index in [1.54, 1.807) is 7.05 Å². The van der Waals surface area contributed by atoms with Crippen molar-refractivity contribution in [2.24, 2.45) is 14.1 Å². The van der Waals surface area contributed by atoms with Crippen LogP contribution in [-0.4, -0.2) is 18.7 Å². The Balaban J connectivity index is 3.25. The maximum absolute atomic E-state index is 11.6. The number of nitrogens with zero attached hydrogens (tertiary/aromatic N) is 4. The molecule has 0 spiro atoms. The van der Waals surface area contributed by atoms with Crippen LogP contribution >= 0.6 is 0 Å². The normalized spacial score (nSPS) is 10.5. The minimum Gasteiger partial charge on any atom is -0.319 e. The molecule has 0 radical (unpaired) electrons. The predicted molar refractivity (Wildman–Crippen MR) is 54.4 cm³/mol. The van der Waals surface area contributed by atoms with E-state index in [2.05, 4.69) is 11.0 Å². The van der Waals surface area contributed by atoms with Crippen LogP contribution in [0.4, 0.5) is 0 Å². The molecule has 0 unspecified atom stereocenters. The van der Waals surface area contributed by atoms with Gasteiger partial charge >= 0.3 is 5.69 Å². The van der Waals surface area contributed by atoms with Gasteiger partial charge in [0.05, 0.1) is 6.33 Å². The average Bonchev–Trinajstić information content (AvgIpc) is 2.59. The topological polar surface area (TPSA) is 61.8 Å². The smallest absolute Gasteiger partial charge is 0.319 e. The molecule has 0 saturated heterocycles. The Morgan fingerprint density at radius 3 is 2.67 bits per heavy atom. The highest BCUT2D eigenvalue weighted by Crippen LogP contribution is 2.02. The SMILES string of the molecule is C#Cn1c(=O)n(C)c(=O)c2ncn(C)c21. The molecule has 2 rings (SSSR count). The van der Waals surface area contributed by atoms with E-state index in [1.165, 1.54) is 17.9 Å². The van der Waals surface area contributed by atoms with Gasteiger partial charge in [0.25, 0.3) is 5.56 Å². The summed E-state index contributed by atoms with van der Waals surface area (Å²) in [6.07, 6.45) is 6.66. The number of fused-ring (bicyclic) bond motifs is 1. The van der Waals surface area contributed by atoms with E-state index in [0.717, 1.165) is 9.13 Å². The first-order valence-electron chi connectivity index (χ1n) is 4.17. The molecule has 0 aliphatic rings. The molecule has 6 heteroatoms. The molecule has 76 valence electrons. The van der Waals surface area contributed by atoms with Crippen molar-refractivity contribution in [1.82, 2.24) is 18.7 Å². The fourth-order valence-corrected chi connectivity index (χ4v) is 1.44. The number of aryl methyl sites for hydroxylation is 1. The monoisotopic (exact) mass is 204 g/mol. The Bertz CT molecular complexity index is 696. The van der Waals surface area contributed by atoms with Crippen LogP contribution in [0.5, 0.6) is 0 Å². The van der Waals surface area contributed by atoms with Crippen molar-refractivity contribution in [1.29, 1.82) is 0 Å². The molecule has 0 aromatic carbocycles. The third-order valence-electron chi connectivity index (χ3n) is 2.23. The summed E-state index contributed by atoms with van der Waals surface area (Å²) < 4.78 is 3.54. The van der Waals surface area contributed by atoms with Crippen LogP contribution in [-0.2, 0) is 14.1 Å². The zero-order valence-corrected chi connectivity index (χ0v) is 8.26. The van der Waals surface area contributed by atoms with Crippen molar-refractivity contribution in [3.63, 3.8) is 0 Å². The molecule has 2 aromatic heterocycles. The van der Waals surface area contributed by atoms with Crippen LogP contribution in [0.2, 0.25) is 0 Å². The van der Waals surface area contributed by atoms with Crippen LogP contribution in [0.25, 0.3) is 11.2 Å². The Morgan fingerprint density at radius 1 is 1.40 bits per heavy atom. The summed E-state index contributed by atoms with van der Waals surface area (Å²) in [6.45, 7) is 0. The van der Waals surface area contributed by atoms with E-state index in [-0.39, 0.29) is 5.52 Å². The Hall–Kier alpha value is -2.29. The van der Waals surface area contributed by atoms with Gasteiger partial charge in [-0.3, -0.25) is 9.36 Å². The Labute approximate surface area is 84.4 Å². The molecule has 6 nitrogen and oxygen atoms in total. The van der Waals surface area contributed by atoms with E-state index in [0.29, 0.717) is 5.65 Å². The summed E-state index contributed by atoms with van der Waals surface area (Å²) in [7, 11) is 3.04. The quantitative estimate of drug-likeness (QED) is 0.510. The highest BCUT2D eigenvalue weighted by Gasteiger charge is 2.13. The molecule has 0 bridgehead atoms. The fraction of sp³-hybridized carbons (Fsp3) is 0.222. The minimum absolute atomic E-state index is 0.192. The second-order valence-corrected chi connectivity index (χ2v) is 3.14. The summed E-state index contributed by atoms with van der Waals surface area (Å²) in [5.41, 5.74) is -0.455. The number of hydrogen-bond donors (Lipinski definition) is 0. The van der Waals surface area contributed by atoms with Gasteiger partial charge < -0.3 is 4.57 Å². The lowest BCUT2D eigenvalue weighted by atomic mass is 10.5. The minimum atomic E-state index is -0.543. The van der Waals surface area contributed by atoms with E-state index in [1.807, 2.05) is 0 Å². The number of aromatic nitrogens is 4. The van der Waals surface area contributed by atoms with Crippen molar-refractivity contribution in [2.45, 2.75) is 0 Å². The van der Waals surface area contributed by atoms with Gasteiger partial charge in [-0.25, -0.2) is 14.3 Å². The van der Waals surface area contributed by atoms with Crippen LogP contribution in [0.1, 0.15) is 0 Å². The predicted octanol–water partition coefficient (Wildman–Crippen LogP) is -1.13. The summed E-state index contributed by atoms with van der Waals surface area (Å²) >= 11 is 0. The molecule has 0 N–H and O–H groups in total. The Morgan fingerprint density at radius 2 is 2.07 bits per heavy atom. The lowest BCUT2D eigenvalue weighted by Gasteiger charge is -2.02. The van der Waals surface area contributed by atoms with Crippen LogP contribution in [0, 0.1) is 12.5 Å². The van der Waals surface area contributed by atoms with Crippen molar-refractivity contribution < 1.29 is 0 Å². The molecule has 0 atom stereocenters. The molecule has 0 aliphatic carbocycles. The number of hydrogen-bond acceptors (Lipinski definition) is 3. The number of imidazole rings is 1.